The predicted octanol–water partition coefficient (Wildman–Crippen LogP) is 2.21. The van der Waals surface area contributed by atoms with Gasteiger partial charge >= 0.3 is 0 Å². The summed E-state index contributed by atoms with van der Waals surface area (Å²) in [4.78, 5) is 30.5. The number of anilines is 1. The van der Waals surface area contributed by atoms with Crippen LogP contribution in [0.5, 0.6) is 0 Å². The predicted molar refractivity (Wildman–Crippen MR) is 97.3 cm³/mol. The molecule has 1 aromatic carbocycles. The van der Waals surface area contributed by atoms with E-state index >= 15 is 0 Å². The van der Waals surface area contributed by atoms with Gasteiger partial charge in [-0.1, -0.05) is 24.6 Å². The Morgan fingerprint density at radius 3 is 2.33 bits per heavy atom. The molecule has 0 aromatic heterocycles. The van der Waals surface area contributed by atoms with Gasteiger partial charge in [0.05, 0.1) is 0 Å². The Hall–Kier alpha value is -1.88. The van der Waals surface area contributed by atoms with Crippen LogP contribution < -0.4 is 4.90 Å². The zero-order valence-electron chi connectivity index (χ0n) is 15.3. The molecule has 0 unspecified atom stereocenters. The first-order valence-corrected chi connectivity index (χ1v) is 8.78. The van der Waals surface area contributed by atoms with Crippen LogP contribution in [0.1, 0.15) is 31.4 Å². The van der Waals surface area contributed by atoms with Crippen molar-refractivity contribution in [1.29, 1.82) is 0 Å². The van der Waals surface area contributed by atoms with Crippen LogP contribution in [0.4, 0.5) is 5.69 Å². The number of hydrogen-bond acceptors (Lipinski definition) is 3. The van der Waals surface area contributed by atoms with E-state index in [0.717, 1.165) is 44.0 Å². The molecule has 1 aromatic rings. The molecule has 5 heteroatoms. The van der Waals surface area contributed by atoms with Gasteiger partial charge in [0.1, 0.15) is 0 Å². The summed E-state index contributed by atoms with van der Waals surface area (Å²) in [6, 6.07) is 6.04. The minimum Gasteiger partial charge on any atom is -0.340 e. The Morgan fingerprint density at radius 1 is 1.12 bits per heavy atom. The lowest BCUT2D eigenvalue weighted by Crippen LogP contribution is -2.49. The molecule has 2 amide bonds. The molecular weight excluding hydrogens is 302 g/mol. The van der Waals surface area contributed by atoms with Crippen LogP contribution in [0.25, 0.3) is 0 Å². The molecule has 24 heavy (non-hydrogen) atoms. The topological polar surface area (TPSA) is 43.9 Å². The summed E-state index contributed by atoms with van der Waals surface area (Å²) < 4.78 is 0. The van der Waals surface area contributed by atoms with Crippen molar-refractivity contribution in [3.63, 3.8) is 0 Å². The summed E-state index contributed by atoms with van der Waals surface area (Å²) in [6.07, 6.45) is 0.374. The van der Waals surface area contributed by atoms with Gasteiger partial charge in [0.25, 0.3) is 0 Å². The van der Waals surface area contributed by atoms with E-state index in [1.54, 1.807) is 11.8 Å². The number of likely N-dealkylation sites (N-methyl/N-ethyl adjacent to an activating group) is 1. The van der Waals surface area contributed by atoms with Crippen LogP contribution >= 0.6 is 0 Å². The quantitative estimate of drug-likeness (QED) is 0.831. The summed E-state index contributed by atoms with van der Waals surface area (Å²) in [5.74, 6) is 0.118. The van der Waals surface area contributed by atoms with Crippen LogP contribution in [0.3, 0.4) is 0 Å². The molecule has 0 radical (unpaired) electrons. The fourth-order valence-electron chi connectivity index (χ4n) is 3.23. The van der Waals surface area contributed by atoms with E-state index < -0.39 is 0 Å². The molecule has 1 aliphatic heterocycles. The van der Waals surface area contributed by atoms with Gasteiger partial charge in [-0.05, 0) is 32.0 Å². The molecule has 1 heterocycles. The Labute approximate surface area is 145 Å². The highest BCUT2D eigenvalue weighted by Gasteiger charge is 2.22. The van der Waals surface area contributed by atoms with E-state index in [4.69, 9.17) is 0 Å². The van der Waals surface area contributed by atoms with E-state index in [9.17, 15) is 9.59 Å². The maximum absolute atomic E-state index is 12.5. The highest BCUT2D eigenvalue weighted by molar-refractivity contribution is 5.93. The number of benzene rings is 1. The summed E-state index contributed by atoms with van der Waals surface area (Å²) in [5, 5.41) is 0. The number of hydrogen-bond donors (Lipinski definition) is 0. The van der Waals surface area contributed by atoms with Crippen molar-refractivity contribution in [3.05, 3.63) is 29.3 Å². The fourth-order valence-corrected chi connectivity index (χ4v) is 3.23. The Balaban J connectivity index is 1.97. The molecule has 0 bridgehead atoms. The molecule has 0 spiro atoms. The third-order valence-corrected chi connectivity index (χ3v) is 4.74. The zero-order valence-corrected chi connectivity index (χ0v) is 15.3. The van der Waals surface area contributed by atoms with Crippen LogP contribution in [-0.2, 0) is 9.59 Å². The second kappa shape index (κ2) is 8.29. The van der Waals surface area contributed by atoms with Crippen molar-refractivity contribution in [3.8, 4) is 0 Å². The lowest BCUT2D eigenvalue weighted by molar-refractivity contribution is -0.132. The first-order chi connectivity index (χ1) is 11.4. The number of aryl methyl sites for hydroxylation is 2. The number of carbonyl (C=O) groups excluding carboxylic acids is 2. The third-order valence-electron chi connectivity index (χ3n) is 4.74. The fraction of sp³-hybridized carbons (Fsp3) is 0.579. The molecular formula is C19H29N3O2. The molecule has 1 fully saturated rings. The molecule has 5 nitrogen and oxygen atoms in total. The SMILES string of the molecule is CCN1CCN(C(=O)CCN(C(C)=O)c2ccc(C)cc2C)CC1. The molecule has 1 aliphatic rings. The Morgan fingerprint density at radius 2 is 1.79 bits per heavy atom. The van der Waals surface area contributed by atoms with Gasteiger partial charge in [0, 0.05) is 51.8 Å². The first kappa shape index (κ1) is 18.5. The molecule has 0 saturated carbocycles. The van der Waals surface area contributed by atoms with Crippen LogP contribution in [-0.4, -0.2) is 60.9 Å². The van der Waals surface area contributed by atoms with Gasteiger partial charge in [-0.3, -0.25) is 9.59 Å². The van der Waals surface area contributed by atoms with E-state index in [1.807, 2.05) is 30.9 Å². The van der Waals surface area contributed by atoms with Crippen LogP contribution in [0, 0.1) is 13.8 Å². The van der Waals surface area contributed by atoms with Crippen LogP contribution in [0.15, 0.2) is 18.2 Å². The van der Waals surface area contributed by atoms with Crippen molar-refractivity contribution in [2.45, 2.75) is 34.1 Å². The average Bonchev–Trinajstić information content (AvgIpc) is 2.56. The van der Waals surface area contributed by atoms with Crippen molar-refractivity contribution in [2.75, 3.05) is 44.2 Å². The second-order valence-corrected chi connectivity index (χ2v) is 6.53. The van der Waals surface area contributed by atoms with E-state index in [0.29, 0.717) is 13.0 Å². The molecule has 1 saturated heterocycles. The van der Waals surface area contributed by atoms with Crippen molar-refractivity contribution < 1.29 is 9.59 Å². The third kappa shape index (κ3) is 4.57. The maximum Gasteiger partial charge on any atom is 0.224 e. The van der Waals surface area contributed by atoms with Crippen molar-refractivity contribution >= 4 is 17.5 Å². The number of piperazine rings is 1. The van der Waals surface area contributed by atoms with E-state index in [2.05, 4.69) is 17.9 Å². The highest BCUT2D eigenvalue weighted by atomic mass is 16.2. The van der Waals surface area contributed by atoms with Gasteiger partial charge in [-0.15, -0.1) is 0 Å². The lowest BCUT2D eigenvalue weighted by Gasteiger charge is -2.34. The highest BCUT2D eigenvalue weighted by Crippen LogP contribution is 2.22. The second-order valence-electron chi connectivity index (χ2n) is 6.53. The number of rotatable bonds is 5. The summed E-state index contributed by atoms with van der Waals surface area (Å²) in [5.41, 5.74) is 3.13. The smallest absolute Gasteiger partial charge is 0.224 e. The van der Waals surface area contributed by atoms with Crippen molar-refractivity contribution in [2.24, 2.45) is 0 Å². The largest absolute Gasteiger partial charge is 0.340 e. The summed E-state index contributed by atoms with van der Waals surface area (Å²) >= 11 is 0. The molecule has 0 N–H and O–H groups in total. The van der Waals surface area contributed by atoms with Crippen LogP contribution in [0.2, 0.25) is 0 Å². The van der Waals surface area contributed by atoms with E-state index in [1.165, 1.54) is 5.56 Å². The molecule has 2 rings (SSSR count). The van der Waals surface area contributed by atoms with Gasteiger partial charge in [0.15, 0.2) is 0 Å². The first-order valence-electron chi connectivity index (χ1n) is 8.78. The van der Waals surface area contributed by atoms with Gasteiger partial charge < -0.3 is 14.7 Å². The molecule has 132 valence electrons. The number of nitrogens with zero attached hydrogens (tertiary/aromatic N) is 3. The Kier molecular flexibility index (Phi) is 6.37. The minimum absolute atomic E-state index is 0.0226. The number of amides is 2. The standard InChI is InChI=1S/C19H29N3O2/c1-5-20-10-12-21(13-11-20)19(24)8-9-22(17(4)23)18-7-6-15(2)14-16(18)3/h6-7,14H,5,8-13H2,1-4H3. The van der Waals surface area contributed by atoms with Gasteiger partial charge in [-0.25, -0.2) is 0 Å². The van der Waals surface area contributed by atoms with Gasteiger partial charge in [0.2, 0.25) is 11.8 Å². The lowest BCUT2D eigenvalue weighted by atomic mass is 10.1. The van der Waals surface area contributed by atoms with Gasteiger partial charge in [-0.2, -0.15) is 0 Å². The monoisotopic (exact) mass is 331 g/mol. The summed E-state index contributed by atoms with van der Waals surface area (Å²) in [7, 11) is 0. The maximum atomic E-state index is 12.5. The molecule has 0 aliphatic carbocycles. The minimum atomic E-state index is -0.0226. The Bertz CT molecular complexity index is 592. The normalized spacial score (nSPS) is 15.4. The number of carbonyl (C=O) groups is 2. The molecule has 0 atom stereocenters. The van der Waals surface area contributed by atoms with Crippen molar-refractivity contribution in [1.82, 2.24) is 9.80 Å². The van der Waals surface area contributed by atoms with E-state index in [-0.39, 0.29) is 11.8 Å². The zero-order chi connectivity index (χ0) is 17.7. The average molecular weight is 331 g/mol. The summed E-state index contributed by atoms with van der Waals surface area (Å²) in [6.45, 7) is 12.7.